The number of carboxylic acids is 2. The molecule has 0 spiro atoms. The van der Waals surface area contributed by atoms with Gasteiger partial charge in [-0.3, -0.25) is 0 Å². The van der Waals surface area contributed by atoms with E-state index in [9.17, 15) is 9.59 Å². The van der Waals surface area contributed by atoms with Gasteiger partial charge in [0.15, 0.2) is 0 Å². The van der Waals surface area contributed by atoms with Crippen LogP contribution in [0, 0.1) is 0 Å². The predicted molar refractivity (Wildman–Crippen MR) is 107 cm³/mol. The van der Waals surface area contributed by atoms with E-state index < -0.39 is 11.9 Å². The van der Waals surface area contributed by atoms with Crippen LogP contribution in [0.25, 0.3) is 0 Å². The number of hydrogen-bond acceptors (Lipinski definition) is 4. The molecule has 0 saturated carbocycles. The van der Waals surface area contributed by atoms with Crippen LogP contribution < -0.4 is 10.1 Å². The summed E-state index contributed by atoms with van der Waals surface area (Å²) in [6.07, 6.45) is 4.37. The zero-order valence-electron chi connectivity index (χ0n) is 15.9. The highest BCUT2D eigenvalue weighted by Gasteiger charge is 2.08. The van der Waals surface area contributed by atoms with Crippen LogP contribution in [0.1, 0.15) is 22.3 Å². The molecule has 28 heavy (non-hydrogen) atoms. The van der Waals surface area contributed by atoms with Gasteiger partial charge >= 0.3 is 11.9 Å². The number of nitrogens with one attached hydrogen (secondary N) is 1. The van der Waals surface area contributed by atoms with Gasteiger partial charge in [-0.25, -0.2) is 9.59 Å². The molecule has 148 valence electrons. The Labute approximate surface area is 164 Å². The maximum Gasteiger partial charge on any atom is 0.328 e. The zero-order chi connectivity index (χ0) is 20.4. The molecule has 0 amide bonds. The lowest BCUT2D eigenvalue weighted by molar-refractivity contribution is -0.134. The van der Waals surface area contributed by atoms with Crippen molar-refractivity contribution in [2.75, 3.05) is 20.2 Å². The Morgan fingerprint density at radius 2 is 1.61 bits per heavy atom. The molecule has 1 heterocycles. The monoisotopic (exact) mass is 383 g/mol. The van der Waals surface area contributed by atoms with Crippen molar-refractivity contribution in [3.63, 3.8) is 0 Å². The van der Waals surface area contributed by atoms with Crippen molar-refractivity contribution in [3.05, 3.63) is 76.9 Å². The van der Waals surface area contributed by atoms with Crippen molar-refractivity contribution < 1.29 is 24.5 Å². The number of methoxy groups -OCH3 is 1. The Hall–Kier alpha value is -3.12. The summed E-state index contributed by atoms with van der Waals surface area (Å²) in [4.78, 5) is 19.1. The fourth-order valence-corrected chi connectivity index (χ4v) is 3.00. The van der Waals surface area contributed by atoms with Gasteiger partial charge in [0.1, 0.15) is 5.75 Å². The smallest absolute Gasteiger partial charge is 0.328 e. The Balaban J connectivity index is 0.000000300. The summed E-state index contributed by atoms with van der Waals surface area (Å²) in [7, 11) is 1.72. The van der Waals surface area contributed by atoms with E-state index in [4.69, 9.17) is 14.9 Å². The van der Waals surface area contributed by atoms with Crippen LogP contribution in [0.15, 0.2) is 54.6 Å². The van der Waals surface area contributed by atoms with E-state index in [2.05, 4.69) is 41.7 Å². The molecule has 6 heteroatoms. The molecule has 0 atom stereocenters. The van der Waals surface area contributed by atoms with Crippen LogP contribution in [0.5, 0.6) is 5.75 Å². The van der Waals surface area contributed by atoms with Crippen LogP contribution in [0.2, 0.25) is 0 Å². The number of fused-ring (bicyclic) bond motifs is 1. The predicted octanol–water partition coefficient (Wildman–Crippen LogP) is 2.69. The van der Waals surface area contributed by atoms with Crippen LogP contribution in [-0.2, 0) is 28.9 Å². The summed E-state index contributed by atoms with van der Waals surface area (Å²) in [6.45, 7) is 2.19. The van der Waals surface area contributed by atoms with Gasteiger partial charge in [0.25, 0.3) is 0 Å². The number of ether oxygens (including phenoxy) is 1. The quantitative estimate of drug-likeness (QED) is 0.687. The Bertz CT molecular complexity index is 829. The molecule has 0 saturated heterocycles. The fraction of sp³-hybridized carbons (Fsp3) is 0.273. The average molecular weight is 383 g/mol. The van der Waals surface area contributed by atoms with Crippen LogP contribution in [-0.4, -0.2) is 42.4 Å². The van der Waals surface area contributed by atoms with Gasteiger partial charge in [-0.05, 0) is 66.7 Å². The van der Waals surface area contributed by atoms with Crippen molar-refractivity contribution in [2.24, 2.45) is 0 Å². The summed E-state index contributed by atoms with van der Waals surface area (Å²) < 4.78 is 5.29. The molecule has 0 unspecified atom stereocenters. The first-order valence-electron chi connectivity index (χ1n) is 9.06. The lowest BCUT2D eigenvalue weighted by Gasteiger charge is -2.09. The molecule has 2 aromatic rings. The Morgan fingerprint density at radius 3 is 2.25 bits per heavy atom. The largest absolute Gasteiger partial charge is 0.497 e. The van der Waals surface area contributed by atoms with Gasteiger partial charge in [0.2, 0.25) is 0 Å². The Kier molecular flexibility index (Phi) is 8.24. The van der Waals surface area contributed by atoms with Crippen LogP contribution in [0.3, 0.4) is 0 Å². The first-order valence-corrected chi connectivity index (χ1v) is 9.06. The van der Waals surface area contributed by atoms with Gasteiger partial charge in [0.05, 0.1) is 7.11 Å². The topological polar surface area (TPSA) is 95.9 Å². The second-order valence-electron chi connectivity index (χ2n) is 6.39. The molecule has 0 aromatic heterocycles. The van der Waals surface area contributed by atoms with E-state index in [0.717, 1.165) is 38.1 Å². The molecule has 0 bridgehead atoms. The average Bonchev–Trinajstić information content (AvgIpc) is 2.92. The highest BCUT2D eigenvalue weighted by molar-refractivity contribution is 5.89. The third-order valence-corrected chi connectivity index (χ3v) is 4.32. The van der Waals surface area contributed by atoms with E-state index in [0.29, 0.717) is 12.2 Å². The second-order valence-corrected chi connectivity index (χ2v) is 6.39. The number of benzene rings is 2. The zero-order valence-corrected chi connectivity index (χ0v) is 15.9. The van der Waals surface area contributed by atoms with Crippen LogP contribution in [0.4, 0.5) is 0 Å². The van der Waals surface area contributed by atoms with Crippen molar-refractivity contribution >= 4 is 11.9 Å². The fourth-order valence-electron chi connectivity index (χ4n) is 3.00. The van der Waals surface area contributed by atoms with E-state index in [1.165, 1.54) is 22.3 Å². The SMILES string of the molecule is COc1cccc(Cc2ccc3c(c2)CCNCC3)c1.O=C(O)/C=C/C(=O)O. The number of rotatable bonds is 5. The summed E-state index contributed by atoms with van der Waals surface area (Å²) >= 11 is 0. The molecular weight excluding hydrogens is 358 g/mol. The molecule has 2 aromatic carbocycles. The number of carboxylic acid groups (broad SMARTS) is 2. The van der Waals surface area contributed by atoms with Crippen molar-refractivity contribution in [1.29, 1.82) is 0 Å². The third-order valence-electron chi connectivity index (χ3n) is 4.32. The van der Waals surface area contributed by atoms with Gasteiger partial charge in [-0.1, -0.05) is 30.3 Å². The highest BCUT2D eigenvalue weighted by Crippen LogP contribution is 2.20. The van der Waals surface area contributed by atoms with Gasteiger partial charge in [0, 0.05) is 12.2 Å². The molecule has 0 radical (unpaired) electrons. The minimum absolute atomic E-state index is 0.558. The maximum atomic E-state index is 9.55. The molecule has 1 aliphatic heterocycles. The van der Waals surface area contributed by atoms with Crippen molar-refractivity contribution in [1.82, 2.24) is 5.32 Å². The first-order chi connectivity index (χ1) is 13.5. The van der Waals surface area contributed by atoms with Crippen molar-refractivity contribution in [3.8, 4) is 5.75 Å². The molecule has 0 fully saturated rings. The summed E-state index contributed by atoms with van der Waals surface area (Å²) in [5.74, 6) is -1.58. The molecule has 3 rings (SSSR count). The van der Waals surface area contributed by atoms with E-state index in [1.54, 1.807) is 7.11 Å². The van der Waals surface area contributed by atoms with Gasteiger partial charge in [-0.15, -0.1) is 0 Å². The minimum Gasteiger partial charge on any atom is -0.497 e. The lowest BCUT2D eigenvalue weighted by Crippen LogP contribution is -2.16. The summed E-state index contributed by atoms with van der Waals surface area (Å²) in [5, 5.41) is 19.1. The number of hydrogen-bond donors (Lipinski definition) is 3. The molecule has 3 N–H and O–H groups in total. The first kappa shape index (κ1) is 21.2. The normalized spacial score (nSPS) is 13.0. The summed E-state index contributed by atoms with van der Waals surface area (Å²) in [5.41, 5.74) is 5.70. The third kappa shape index (κ3) is 7.25. The molecule has 6 nitrogen and oxygen atoms in total. The van der Waals surface area contributed by atoms with E-state index >= 15 is 0 Å². The van der Waals surface area contributed by atoms with E-state index in [1.807, 2.05) is 6.07 Å². The lowest BCUT2D eigenvalue weighted by atomic mass is 9.97. The Morgan fingerprint density at radius 1 is 0.964 bits per heavy atom. The maximum absolute atomic E-state index is 9.55. The second kappa shape index (κ2) is 10.9. The molecule has 0 aliphatic carbocycles. The van der Waals surface area contributed by atoms with Crippen LogP contribution >= 0.6 is 0 Å². The molecular formula is C22H25NO5. The minimum atomic E-state index is -1.26. The van der Waals surface area contributed by atoms with E-state index in [-0.39, 0.29) is 0 Å². The number of carbonyl (C=O) groups is 2. The van der Waals surface area contributed by atoms with Gasteiger partial charge < -0.3 is 20.3 Å². The highest BCUT2D eigenvalue weighted by atomic mass is 16.5. The number of aliphatic carboxylic acids is 2. The van der Waals surface area contributed by atoms with Crippen molar-refractivity contribution in [2.45, 2.75) is 19.3 Å². The van der Waals surface area contributed by atoms with Gasteiger partial charge in [-0.2, -0.15) is 0 Å². The molecule has 1 aliphatic rings. The summed E-state index contributed by atoms with van der Waals surface area (Å²) in [6, 6.07) is 15.3. The standard InChI is InChI=1S/C18H21NO.C4H4O4/c1-20-18-4-2-3-14(13-18)11-15-5-6-16-7-9-19-10-8-17(16)12-15;5-3(6)1-2-4(7)8/h2-6,12-13,19H,7-11H2,1H3;1-2H,(H,5,6)(H,7,8)/b;2-1+.